The number of hydrogen-bond donors (Lipinski definition) is 1. The van der Waals surface area contributed by atoms with Crippen LogP contribution in [0.15, 0.2) is 18.2 Å². The quantitative estimate of drug-likeness (QED) is 0.619. The third-order valence-electron chi connectivity index (χ3n) is 3.56. The minimum absolute atomic E-state index is 0.293. The fraction of sp³-hybridized carbons (Fsp3) is 0.647. The Labute approximate surface area is 122 Å². The predicted molar refractivity (Wildman–Crippen MR) is 82.7 cm³/mol. The molecule has 20 heavy (non-hydrogen) atoms. The molecule has 1 unspecified atom stereocenters. The highest BCUT2D eigenvalue weighted by molar-refractivity contribution is 5.32. The number of unbranched alkanes of at least 4 members (excludes halogenated alkanes) is 3. The van der Waals surface area contributed by atoms with Gasteiger partial charge in [-0.25, -0.2) is 4.39 Å². The van der Waals surface area contributed by atoms with Crippen LogP contribution < -0.4 is 10.1 Å². The third-order valence-corrected chi connectivity index (χ3v) is 3.56. The highest BCUT2D eigenvalue weighted by Crippen LogP contribution is 2.26. The van der Waals surface area contributed by atoms with Gasteiger partial charge >= 0.3 is 0 Å². The van der Waals surface area contributed by atoms with Crippen molar-refractivity contribution in [2.24, 2.45) is 0 Å². The summed E-state index contributed by atoms with van der Waals surface area (Å²) in [4.78, 5) is 0. The minimum atomic E-state index is -0.295. The Hall–Kier alpha value is -1.09. The van der Waals surface area contributed by atoms with Crippen molar-refractivity contribution in [3.05, 3.63) is 29.6 Å². The second-order valence-electron chi connectivity index (χ2n) is 5.25. The summed E-state index contributed by atoms with van der Waals surface area (Å²) in [5.74, 6) is 0.0378. The number of methoxy groups -OCH3 is 1. The number of ether oxygens (including phenoxy) is 1. The maximum atomic E-state index is 13.5. The van der Waals surface area contributed by atoms with Gasteiger partial charge in [0.2, 0.25) is 0 Å². The molecule has 0 aromatic heterocycles. The molecular formula is C17H28FNO. The van der Waals surface area contributed by atoms with E-state index in [1.165, 1.54) is 38.9 Å². The second-order valence-corrected chi connectivity index (χ2v) is 5.25. The Morgan fingerprint density at radius 1 is 1.15 bits per heavy atom. The number of hydrogen-bond acceptors (Lipinski definition) is 2. The average Bonchev–Trinajstić information content (AvgIpc) is 2.47. The maximum absolute atomic E-state index is 13.5. The van der Waals surface area contributed by atoms with Crippen LogP contribution in [0.25, 0.3) is 0 Å². The zero-order chi connectivity index (χ0) is 14.8. The van der Waals surface area contributed by atoms with Gasteiger partial charge in [-0.05, 0) is 37.1 Å². The summed E-state index contributed by atoms with van der Waals surface area (Å²) in [6.07, 6.45) is 7.19. The molecule has 0 spiro atoms. The van der Waals surface area contributed by atoms with E-state index < -0.39 is 0 Å². The molecule has 0 saturated heterocycles. The predicted octanol–water partition coefficient (Wildman–Crippen LogP) is 4.85. The molecule has 1 aromatic rings. The van der Waals surface area contributed by atoms with Crippen LogP contribution in [-0.4, -0.2) is 13.7 Å². The van der Waals surface area contributed by atoms with Gasteiger partial charge in [0, 0.05) is 6.04 Å². The highest BCUT2D eigenvalue weighted by atomic mass is 19.1. The van der Waals surface area contributed by atoms with E-state index in [0.717, 1.165) is 24.9 Å². The molecule has 0 aliphatic carbocycles. The smallest absolute Gasteiger partial charge is 0.165 e. The zero-order valence-electron chi connectivity index (χ0n) is 13.0. The highest BCUT2D eigenvalue weighted by Gasteiger charge is 2.13. The van der Waals surface area contributed by atoms with Gasteiger partial charge in [-0.1, -0.05) is 45.6 Å². The van der Waals surface area contributed by atoms with Gasteiger partial charge in [0.25, 0.3) is 0 Å². The van der Waals surface area contributed by atoms with Gasteiger partial charge in [0.1, 0.15) is 0 Å². The summed E-state index contributed by atoms with van der Waals surface area (Å²) in [7, 11) is 1.51. The van der Waals surface area contributed by atoms with Crippen molar-refractivity contribution in [3.8, 4) is 5.75 Å². The Bertz CT molecular complexity index is 381. The lowest BCUT2D eigenvalue weighted by Gasteiger charge is -2.20. The molecule has 0 bridgehead atoms. The summed E-state index contributed by atoms with van der Waals surface area (Å²) in [6, 6.07) is 5.48. The van der Waals surface area contributed by atoms with Crippen molar-refractivity contribution in [3.63, 3.8) is 0 Å². The summed E-state index contributed by atoms with van der Waals surface area (Å²) in [6.45, 7) is 5.36. The van der Waals surface area contributed by atoms with Crippen molar-refractivity contribution < 1.29 is 9.13 Å². The molecule has 114 valence electrons. The monoisotopic (exact) mass is 281 g/mol. The first-order valence-electron chi connectivity index (χ1n) is 7.79. The van der Waals surface area contributed by atoms with Gasteiger partial charge in [0.15, 0.2) is 11.6 Å². The van der Waals surface area contributed by atoms with Crippen molar-refractivity contribution in [1.29, 1.82) is 0 Å². The molecular weight excluding hydrogens is 253 g/mol. The van der Waals surface area contributed by atoms with E-state index in [1.54, 1.807) is 0 Å². The molecule has 0 heterocycles. The number of halogens is 1. The molecule has 2 nitrogen and oxygen atoms in total. The molecule has 0 fully saturated rings. The van der Waals surface area contributed by atoms with Crippen LogP contribution in [0.4, 0.5) is 4.39 Å². The van der Waals surface area contributed by atoms with Gasteiger partial charge in [0.05, 0.1) is 7.11 Å². The largest absolute Gasteiger partial charge is 0.494 e. The van der Waals surface area contributed by atoms with Crippen LogP contribution in [0.2, 0.25) is 0 Å². The van der Waals surface area contributed by atoms with Gasteiger partial charge in [-0.3, -0.25) is 0 Å². The van der Waals surface area contributed by atoms with Crippen molar-refractivity contribution in [1.82, 2.24) is 5.32 Å². The van der Waals surface area contributed by atoms with E-state index in [0.29, 0.717) is 11.8 Å². The van der Waals surface area contributed by atoms with Crippen molar-refractivity contribution in [2.75, 3.05) is 13.7 Å². The summed E-state index contributed by atoms with van der Waals surface area (Å²) in [5, 5.41) is 3.56. The van der Waals surface area contributed by atoms with E-state index >= 15 is 0 Å². The lowest BCUT2D eigenvalue weighted by molar-refractivity contribution is 0.383. The Morgan fingerprint density at radius 3 is 2.60 bits per heavy atom. The van der Waals surface area contributed by atoms with E-state index in [-0.39, 0.29) is 5.82 Å². The fourth-order valence-electron chi connectivity index (χ4n) is 2.37. The molecule has 0 amide bonds. The molecule has 1 atom stereocenters. The van der Waals surface area contributed by atoms with E-state index in [2.05, 4.69) is 19.2 Å². The summed E-state index contributed by atoms with van der Waals surface area (Å²) in [5.41, 5.74) is 1.12. The van der Waals surface area contributed by atoms with Crippen LogP contribution in [0.3, 0.4) is 0 Å². The van der Waals surface area contributed by atoms with Crippen molar-refractivity contribution >= 4 is 0 Å². The molecule has 0 saturated carbocycles. The van der Waals surface area contributed by atoms with E-state index in [1.807, 2.05) is 12.1 Å². The van der Waals surface area contributed by atoms with Crippen LogP contribution >= 0.6 is 0 Å². The average molecular weight is 281 g/mol. The molecule has 1 rings (SSSR count). The lowest BCUT2D eigenvalue weighted by Crippen LogP contribution is -2.22. The molecule has 1 N–H and O–H groups in total. The molecule has 1 aromatic carbocycles. The van der Waals surface area contributed by atoms with Gasteiger partial charge in [-0.15, -0.1) is 0 Å². The first-order valence-corrected chi connectivity index (χ1v) is 7.79. The van der Waals surface area contributed by atoms with Gasteiger partial charge < -0.3 is 10.1 Å². The molecule has 3 heteroatoms. The number of benzene rings is 1. The van der Waals surface area contributed by atoms with Crippen molar-refractivity contribution in [2.45, 2.75) is 58.4 Å². The maximum Gasteiger partial charge on any atom is 0.165 e. The minimum Gasteiger partial charge on any atom is -0.494 e. The third kappa shape index (κ3) is 5.49. The van der Waals surface area contributed by atoms with E-state index in [9.17, 15) is 4.39 Å². The first kappa shape index (κ1) is 17.0. The summed E-state index contributed by atoms with van der Waals surface area (Å²) < 4.78 is 18.6. The topological polar surface area (TPSA) is 21.3 Å². The fourth-order valence-corrected chi connectivity index (χ4v) is 2.37. The van der Waals surface area contributed by atoms with Gasteiger partial charge in [-0.2, -0.15) is 0 Å². The van der Waals surface area contributed by atoms with Crippen LogP contribution in [0, 0.1) is 5.82 Å². The van der Waals surface area contributed by atoms with Crippen LogP contribution in [0.5, 0.6) is 5.75 Å². The molecule has 0 radical (unpaired) electrons. The zero-order valence-corrected chi connectivity index (χ0v) is 13.0. The molecule has 0 aliphatic heterocycles. The Kier molecular flexibility index (Phi) is 8.28. The SMILES string of the molecule is CCCCCCC(NCCC)c1ccc(F)c(OC)c1. The number of nitrogens with one attached hydrogen (secondary N) is 1. The standard InChI is InChI=1S/C17H28FNO/c1-4-6-7-8-9-16(19-12-5-2)14-10-11-15(18)17(13-14)20-3/h10-11,13,16,19H,4-9,12H2,1-3H3. The first-order chi connectivity index (χ1) is 9.72. The second kappa shape index (κ2) is 9.76. The summed E-state index contributed by atoms with van der Waals surface area (Å²) >= 11 is 0. The Morgan fingerprint density at radius 2 is 1.95 bits per heavy atom. The molecule has 0 aliphatic rings. The Balaban J connectivity index is 2.70. The van der Waals surface area contributed by atoms with E-state index in [4.69, 9.17) is 4.74 Å². The normalized spacial score (nSPS) is 12.4. The number of rotatable bonds is 10. The lowest BCUT2D eigenvalue weighted by atomic mass is 9.99. The van der Waals surface area contributed by atoms with Crippen LogP contribution in [-0.2, 0) is 0 Å². The van der Waals surface area contributed by atoms with Crippen LogP contribution in [0.1, 0.15) is 64.0 Å².